The van der Waals surface area contributed by atoms with E-state index in [9.17, 15) is 55.5 Å². The number of methoxy groups -OCH3 is 2. The second kappa shape index (κ2) is 18.2. The number of carboxylic acid groups (broad SMARTS) is 1. The SMILES string of the molecule is COc1cc([C@H](O)[C@H](CO)Oc2ccc(/C=C/C(=O)OC[C@]3(O)CO[C@@H](O[C@H]4[C@H](Oc5ccc(O)c(C(=O)O)c5)OC[C@@H](O)[C@@H]4O)[C@@H]3O)cc2OC)ccc1O. The third-order valence-corrected chi connectivity index (χ3v) is 8.90. The molecule has 19 nitrogen and oxygen atoms in total. The van der Waals surface area contributed by atoms with Crippen molar-refractivity contribution < 1.29 is 93.4 Å². The number of carbonyl (C=O) groups excluding carboxylic acids is 1. The molecule has 0 amide bonds. The van der Waals surface area contributed by atoms with Gasteiger partial charge in [0, 0.05) is 6.08 Å². The van der Waals surface area contributed by atoms with Crippen molar-refractivity contribution in [3.05, 3.63) is 77.4 Å². The van der Waals surface area contributed by atoms with Crippen molar-refractivity contribution in [1.29, 1.82) is 0 Å². The summed E-state index contributed by atoms with van der Waals surface area (Å²) < 4.78 is 43.6. The molecule has 2 aliphatic heterocycles. The van der Waals surface area contributed by atoms with Crippen LogP contribution in [0.25, 0.3) is 6.08 Å². The van der Waals surface area contributed by atoms with E-state index in [0.717, 1.165) is 18.2 Å². The Bertz CT molecular complexity index is 1870. The van der Waals surface area contributed by atoms with Gasteiger partial charge in [-0.05, 0) is 59.7 Å². The molecule has 0 spiro atoms. The van der Waals surface area contributed by atoms with Crippen molar-refractivity contribution in [2.45, 2.75) is 54.8 Å². The van der Waals surface area contributed by atoms with E-state index in [1.54, 1.807) is 6.07 Å². The van der Waals surface area contributed by atoms with E-state index < -0.39 is 104 Å². The highest BCUT2D eigenvalue weighted by atomic mass is 16.8. The van der Waals surface area contributed by atoms with E-state index in [1.807, 2.05) is 0 Å². The number of hydrogen-bond donors (Lipinski definition) is 9. The lowest BCUT2D eigenvalue weighted by Crippen LogP contribution is -2.58. The van der Waals surface area contributed by atoms with Gasteiger partial charge in [-0.25, -0.2) is 9.59 Å². The van der Waals surface area contributed by atoms with E-state index >= 15 is 0 Å². The number of rotatable bonds is 16. The van der Waals surface area contributed by atoms with Crippen molar-refractivity contribution in [1.82, 2.24) is 0 Å². The Morgan fingerprint density at radius 1 is 0.929 bits per heavy atom. The van der Waals surface area contributed by atoms with Crippen LogP contribution in [0.4, 0.5) is 0 Å². The van der Waals surface area contributed by atoms with E-state index in [-0.39, 0.29) is 28.7 Å². The second-order valence-electron chi connectivity index (χ2n) is 12.8. The van der Waals surface area contributed by atoms with Gasteiger partial charge in [0.05, 0.1) is 34.0 Å². The molecular formula is C37H42O19. The van der Waals surface area contributed by atoms with Gasteiger partial charge in [0.15, 0.2) is 47.1 Å². The Kier molecular flexibility index (Phi) is 13.6. The van der Waals surface area contributed by atoms with Crippen LogP contribution >= 0.6 is 0 Å². The summed E-state index contributed by atoms with van der Waals surface area (Å²) in [4.78, 5) is 24.0. The third-order valence-electron chi connectivity index (χ3n) is 8.90. The highest BCUT2D eigenvalue weighted by molar-refractivity contribution is 5.91. The first kappa shape index (κ1) is 41.9. The van der Waals surface area contributed by atoms with E-state index in [2.05, 4.69) is 0 Å². The maximum Gasteiger partial charge on any atom is 0.339 e. The predicted octanol–water partition coefficient (Wildman–Crippen LogP) is -0.167. The van der Waals surface area contributed by atoms with Crippen molar-refractivity contribution >= 4 is 18.0 Å². The molecule has 2 aliphatic rings. The first-order chi connectivity index (χ1) is 26.7. The Labute approximate surface area is 318 Å². The number of carbonyl (C=O) groups is 2. The van der Waals surface area contributed by atoms with Gasteiger partial charge in [-0.3, -0.25) is 0 Å². The molecule has 0 aromatic heterocycles. The lowest BCUT2D eigenvalue weighted by atomic mass is 10.0. The minimum Gasteiger partial charge on any atom is -0.507 e. The van der Waals surface area contributed by atoms with Gasteiger partial charge < -0.3 is 83.9 Å². The number of hydrogen-bond acceptors (Lipinski definition) is 18. The maximum absolute atomic E-state index is 12.6. The van der Waals surface area contributed by atoms with Crippen LogP contribution in [0.2, 0.25) is 0 Å². The molecule has 0 saturated carbocycles. The number of phenolic OH excluding ortho intramolecular Hbond substituents is 1. The molecule has 5 rings (SSSR count). The number of phenols is 2. The first-order valence-electron chi connectivity index (χ1n) is 16.9. The van der Waals surface area contributed by atoms with E-state index in [4.69, 9.17) is 37.9 Å². The largest absolute Gasteiger partial charge is 0.507 e. The fourth-order valence-electron chi connectivity index (χ4n) is 5.71. The Morgan fingerprint density at radius 3 is 2.36 bits per heavy atom. The number of aliphatic hydroxyl groups is 6. The molecule has 19 heteroatoms. The molecule has 0 unspecified atom stereocenters. The van der Waals surface area contributed by atoms with Crippen LogP contribution in [0.1, 0.15) is 27.6 Å². The highest BCUT2D eigenvalue weighted by Gasteiger charge is 2.53. The molecule has 2 heterocycles. The number of benzene rings is 3. The highest BCUT2D eigenvalue weighted by Crippen LogP contribution is 2.35. The van der Waals surface area contributed by atoms with Crippen molar-refractivity contribution in [3.8, 4) is 34.5 Å². The second-order valence-corrected chi connectivity index (χ2v) is 12.8. The lowest BCUT2D eigenvalue weighted by Gasteiger charge is -2.39. The molecule has 0 radical (unpaired) electrons. The third kappa shape index (κ3) is 9.59. The monoisotopic (exact) mass is 790 g/mol. The molecule has 9 atom stereocenters. The normalized spacial score (nSPS) is 26.0. The molecule has 304 valence electrons. The van der Waals surface area contributed by atoms with Crippen LogP contribution in [-0.2, 0) is 23.7 Å². The van der Waals surface area contributed by atoms with Crippen molar-refractivity contribution in [2.24, 2.45) is 0 Å². The molecule has 56 heavy (non-hydrogen) atoms. The minimum absolute atomic E-state index is 0.103. The number of aromatic hydroxyl groups is 2. The van der Waals surface area contributed by atoms with Crippen LogP contribution in [0, 0.1) is 0 Å². The van der Waals surface area contributed by atoms with E-state index in [0.29, 0.717) is 11.1 Å². The van der Waals surface area contributed by atoms with Crippen LogP contribution in [-0.4, -0.2) is 147 Å². The molecule has 2 fully saturated rings. The topological polar surface area (TPSA) is 290 Å². The van der Waals surface area contributed by atoms with Crippen LogP contribution in [0.3, 0.4) is 0 Å². The molecule has 3 aromatic carbocycles. The quantitative estimate of drug-likeness (QED) is 0.0673. The number of carboxylic acids is 1. The standard InChI is InChI=1S/C37H42O19/c1-49-26-12-19(5-7-23(26)40)30(43)28(14-38)55-25-9-3-18(11-27(25)50-2)4-10-29(42)52-16-37(48)17-53-36(33(37)45)56-32-31(44)24(41)15-51-35(32)54-20-6-8-22(39)21(13-20)34(46)47/h3-13,24,28,30-33,35-36,38-41,43-45,48H,14-17H2,1-2H3,(H,46,47)/b10-4+/t24-,28+,30+,31+,32-,33+,35+,36+,37+/m1/s1. The average molecular weight is 791 g/mol. The Balaban J connectivity index is 1.17. The minimum atomic E-state index is -2.18. The van der Waals surface area contributed by atoms with Crippen LogP contribution in [0.5, 0.6) is 34.5 Å². The van der Waals surface area contributed by atoms with Crippen molar-refractivity contribution in [3.63, 3.8) is 0 Å². The number of aliphatic hydroxyl groups excluding tert-OH is 5. The molecule has 0 aliphatic carbocycles. The summed E-state index contributed by atoms with van der Waals surface area (Å²) in [5.41, 5.74) is -1.92. The molecule has 9 N–H and O–H groups in total. The smallest absolute Gasteiger partial charge is 0.339 e. The molecule has 2 saturated heterocycles. The molecule has 0 bridgehead atoms. The number of esters is 1. The zero-order chi connectivity index (χ0) is 40.7. The summed E-state index contributed by atoms with van der Waals surface area (Å²) in [5, 5.41) is 92.6. The van der Waals surface area contributed by atoms with Crippen LogP contribution < -0.4 is 18.9 Å². The lowest BCUT2D eigenvalue weighted by molar-refractivity contribution is -0.297. The molecular weight excluding hydrogens is 748 g/mol. The van der Waals surface area contributed by atoms with Crippen molar-refractivity contribution in [2.75, 3.05) is 40.6 Å². The van der Waals surface area contributed by atoms with Gasteiger partial charge in [-0.15, -0.1) is 0 Å². The van der Waals surface area contributed by atoms with Crippen LogP contribution in [0.15, 0.2) is 60.7 Å². The average Bonchev–Trinajstić information content (AvgIpc) is 3.47. The van der Waals surface area contributed by atoms with Gasteiger partial charge in [0.25, 0.3) is 0 Å². The van der Waals surface area contributed by atoms with Gasteiger partial charge in [-0.2, -0.15) is 0 Å². The maximum atomic E-state index is 12.6. The summed E-state index contributed by atoms with van der Waals surface area (Å²) in [7, 11) is 2.71. The summed E-state index contributed by atoms with van der Waals surface area (Å²) in [6.45, 7) is -2.35. The summed E-state index contributed by atoms with van der Waals surface area (Å²) >= 11 is 0. The summed E-state index contributed by atoms with van der Waals surface area (Å²) in [6, 6.07) is 12.0. The first-order valence-corrected chi connectivity index (χ1v) is 16.9. The van der Waals surface area contributed by atoms with Gasteiger partial charge in [0.2, 0.25) is 6.29 Å². The van der Waals surface area contributed by atoms with E-state index in [1.165, 1.54) is 56.7 Å². The fourth-order valence-corrected chi connectivity index (χ4v) is 5.71. The Morgan fingerprint density at radius 2 is 1.66 bits per heavy atom. The summed E-state index contributed by atoms with van der Waals surface area (Å²) in [5.74, 6) is -2.69. The zero-order valence-corrected chi connectivity index (χ0v) is 29.9. The number of aromatic carboxylic acids is 1. The summed E-state index contributed by atoms with van der Waals surface area (Å²) in [6.07, 6.45) is -9.74. The van der Waals surface area contributed by atoms with Gasteiger partial charge >= 0.3 is 11.9 Å². The fraction of sp³-hybridized carbons (Fsp3) is 0.405. The number of ether oxygens (including phenoxy) is 8. The van der Waals surface area contributed by atoms with Gasteiger partial charge in [-0.1, -0.05) is 12.1 Å². The predicted molar refractivity (Wildman–Crippen MR) is 187 cm³/mol. The molecule has 3 aromatic rings. The zero-order valence-electron chi connectivity index (χ0n) is 29.9. The van der Waals surface area contributed by atoms with Gasteiger partial charge in [0.1, 0.15) is 48.1 Å². The Hall–Kier alpha value is -5.22.